The first-order chi connectivity index (χ1) is 10.6. The number of urea groups is 1. The summed E-state index contributed by atoms with van der Waals surface area (Å²) in [5, 5.41) is 13.3. The highest BCUT2D eigenvalue weighted by Crippen LogP contribution is 2.33. The molecular weight excluding hydrogens is 315 g/mol. The number of aliphatic carboxylic acids is 1. The van der Waals surface area contributed by atoms with Crippen LogP contribution in [-0.4, -0.2) is 59.4 Å². The third-order valence-corrected chi connectivity index (χ3v) is 4.33. The fourth-order valence-corrected chi connectivity index (χ4v) is 2.66. The van der Waals surface area contributed by atoms with Gasteiger partial charge in [0.25, 0.3) is 0 Å². The molecule has 0 radical (unpaired) electrons. The number of carbonyl (C=O) groups excluding carboxylic acids is 1. The fourth-order valence-electron chi connectivity index (χ4n) is 2.66. The fraction of sp³-hybridized carbons (Fsp3) is 0.857. The normalized spacial score (nSPS) is 25.6. The Balaban J connectivity index is 1.72. The van der Waals surface area contributed by atoms with Crippen LogP contribution in [0.4, 0.5) is 18.0 Å². The zero-order valence-corrected chi connectivity index (χ0v) is 12.9. The van der Waals surface area contributed by atoms with Crippen molar-refractivity contribution in [2.45, 2.75) is 56.9 Å². The summed E-state index contributed by atoms with van der Waals surface area (Å²) in [7, 11) is 0. The summed E-state index contributed by atoms with van der Waals surface area (Å²) < 4.78 is 37.1. The van der Waals surface area contributed by atoms with E-state index >= 15 is 0 Å². The average Bonchev–Trinajstić information content (AvgIpc) is 3.14. The summed E-state index contributed by atoms with van der Waals surface area (Å²) in [5.41, 5.74) is 0. The number of carboxylic acid groups (broad SMARTS) is 1. The van der Waals surface area contributed by atoms with Crippen molar-refractivity contribution in [3.8, 4) is 0 Å². The Labute approximate surface area is 132 Å². The van der Waals surface area contributed by atoms with Crippen LogP contribution in [0.3, 0.4) is 0 Å². The van der Waals surface area contributed by atoms with E-state index in [9.17, 15) is 22.8 Å². The van der Waals surface area contributed by atoms with Gasteiger partial charge >= 0.3 is 18.2 Å². The summed E-state index contributed by atoms with van der Waals surface area (Å²) in [6.07, 6.45) is -1.12. The molecule has 0 bridgehead atoms. The maximum Gasteiger partial charge on any atom is 0.408 e. The molecule has 0 aromatic rings. The predicted octanol–water partition coefficient (Wildman–Crippen LogP) is 1.56. The quantitative estimate of drug-likeness (QED) is 0.659. The first kappa shape index (κ1) is 17.8. The Kier molecular flexibility index (Phi) is 5.38. The summed E-state index contributed by atoms with van der Waals surface area (Å²) >= 11 is 0. The van der Waals surface area contributed by atoms with Gasteiger partial charge in [-0.1, -0.05) is 0 Å². The average molecular weight is 337 g/mol. The lowest BCUT2D eigenvalue weighted by Crippen LogP contribution is -2.58. The van der Waals surface area contributed by atoms with Crippen molar-refractivity contribution in [1.29, 1.82) is 0 Å². The van der Waals surface area contributed by atoms with Crippen LogP contribution in [0.2, 0.25) is 0 Å². The van der Waals surface area contributed by atoms with Crippen molar-refractivity contribution in [3.05, 3.63) is 0 Å². The number of nitrogens with one attached hydrogen (secondary N) is 2. The second-order valence-corrected chi connectivity index (χ2v) is 6.47. The Morgan fingerprint density at radius 2 is 1.91 bits per heavy atom. The SMILES string of the molecule is CC(NC(=O)NC1CC(N(CC(=O)O)CC2CC2)C1)C(F)(F)F. The molecule has 2 aliphatic rings. The minimum Gasteiger partial charge on any atom is -0.480 e. The van der Waals surface area contributed by atoms with Crippen molar-refractivity contribution in [2.75, 3.05) is 13.1 Å². The zero-order valence-electron chi connectivity index (χ0n) is 12.9. The maximum absolute atomic E-state index is 12.4. The van der Waals surface area contributed by atoms with Gasteiger partial charge in [-0.05, 0) is 38.5 Å². The van der Waals surface area contributed by atoms with Crippen LogP contribution < -0.4 is 10.6 Å². The van der Waals surface area contributed by atoms with Crippen molar-refractivity contribution in [2.24, 2.45) is 5.92 Å². The molecule has 0 aliphatic heterocycles. The molecule has 1 atom stereocenters. The first-order valence-corrected chi connectivity index (χ1v) is 7.74. The van der Waals surface area contributed by atoms with Gasteiger partial charge in [0.05, 0.1) is 6.54 Å². The highest BCUT2D eigenvalue weighted by atomic mass is 19.4. The Hall–Kier alpha value is -1.51. The van der Waals surface area contributed by atoms with E-state index in [1.807, 2.05) is 10.2 Å². The van der Waals surface area contributed by atoms with Crippen molar-refractivity contribution in [3.63, 3.8) is 0 Å². The van der Waals surface area contributed by atoms with Crippen LogP contribution in [0.25, 0.3) is 0 Å². The van der Waals surface area contributed by atoms with E-state index in [1.165, 1.54) is 0 Å². The number of hydrogen-bond donors (Lipinski definition) is 3. The second-order valence-electron chi connectivity index (χ2n) is 6.47. The molecule has 132 valence electrons. The molecule has 9 heteroatoms. The summed E-state index contributed by atoms with van der Waals surface area (Å²) in [6.45, 7) is 1.58. The molecule has 0 heterocycles. The van der Waals surface area contributed by atoms with Crippen LogP contribution in [0.5, 0.6) is 0 Å². The van der Waals surface area contributed by atoms with Crippen LogP contribution in [-0.2, 0) is 4.79 Å². The second kappa shape index (κ2) is 6.94. The lowest BCUT2D eigenvalue weighted by molar-refractivity contribution is -0.148. The van der Waals surface area contributed by atoms with E-state index in [0.29, 0.717) is 18.8 Å². The van der Waals surface area contributed by atoms with Gasteiger partial charge in [0, 0.05) is 18.6 Å². The van der Waals surface area contributed by atoms with Gasteiger partial charge in [-0.25, -0.2) is 4.79 Å². The molecule has 0 aromatic carbocycles. The van der Waals surface area contributed by atoms with Gasteiger partial charge in [0.2, 0.25) is 0 Å². The minimum absolute atomic E-state index is 0.0365. The standard InChI is InChI=1S/C14H22F3N3O3/c1-8(14(15,16)17)18-13(23)19-10-4-11(5-10)20(7-12(21)22)6-9-2-3-9/h8-11H,2-7H2,1H3,(H,21,22)(H2,18,19,23). The first-order valence-electron chi connectivity index (χ1n) is 7.74. The topological polar surface area (TPSA) is 81.7 Å². The van der Waals surface area contributed by atoms with Crippen LogP contribution in [0.1, 0.15) is 32.6 Å². The lowest BCUT2D eigenvalue weighted by Gasteiger charge is -2.42. The molecule has 1 unspecified atom stereocenters. The van der Waals surface area contributed by atoms with Gasteiger partial charge in [-0.15, -0.1) is 0 Å². The minimum atomic E-state index is -4.47. The number of halogens is 3. The van der Waals surface area contributed by atoms with Crippen molar-refractivity contribution in [1.82, 2.24) is 15.5 Å². The number of nitrogens with zero attached hydrogens (tertiary/aromatic N) is 1. The van der Waals surface area contributed by atoms with Crippen molar-refractivity contribution < 1.29 is 27.9 Å². The van der Waals surface area contributed by atoms with E-state index in [1.54, 1.807) is 0 Å². The largest absolute Gasteiger partial charge is 0.480 e. The highest BCUT2D eigenvalue weighted by Gasteiger charge is 2.40. The van der Waals surface area contributed by atoms with Gasteiger partial charge < -0.3 is 15.7 Å². The molecule has 0 aromatic heterocycles. The summed E-state index contributed by atoms with van der Waals surface area (Å²) in [5.74, 6) is -0.337. The van der Waals surface area contributed by atoms with E-state index in [0.717, 1.165) is 26.3 Å². The van der Waals surface area contributed by atoms with Crippen LogP contribution >= 0.6 is 0 Å². The number of rotatable bonds is 7. The molecule has 2 amide bonds. The van der Waals surface area contributed by atoms with Gasteiger partial charge in [0.15, 0.2) is 0 Å². The third kappa shape index (κ3) is 5.56. The number of carboxylic acids is 1. The maximum atomic E-state index is 12.4. The van der Waals surface area contributed by atoms with E-state index in [2.05, 4.69) is 5.32 Å². The van der Waals surface area contributed by atoms with Gasteiger partial charge in [-0.2, -0.15) is 13.2 Å². The Morgan fingerprint density at radius 1 is 1.30 bits per heavy atom. The van der Waals surface area contributed by atoms with E-state index in [4.69, 9.17) is 5.11 Å². The molecule has 2 aliphatic carbocycles. The van der Waals surface area contributed by atoms with Gasteiger partial charge in [0.1, 0.15) is 6.04 Å². The molecule has 0 saturated heterocycles. The van der Waals surface area contributed by atoms with E-state index < -0.39 is 24.2 Å². The summed E-state index contributed by atoms with van der Waals surface area (Å²) in [4.78, 5) is 24.3. The molecule has 0 spiro atoms. The molecule has 3 N–H and O–H groups in total. The Morgan fingerprint density at radius 3 is 2.39 bits per heavy atom. The van der Waals surface area contributed by atoms with E-state index in [-0.39, 0.29) is 18.6 Å². The third-order valence-electron chi connectivity index (χ3n) is 4.33. The predicted molar refractivity (Wildman–Crippen MR) is 75.9 cm³/mol. The summed E-state index contributed by atoms with van der Waals surface area (Å²) in [6, 6.07) is -2.89. The molecule has 23 heavy (non-hydrogen) atoms. The molecule has 6 nitrogen and oxygen atoms in total. The molecule has 2 rings (SSSR count). The van der Waals surface area contributed by atoms with Crippen LogP contribution in [0.15, 0.2) is 0 Å². The molecular formula is C14H22F3N3O3. The number of carbonyl (C=O) groups is 2. The molecule has 2 fully saturated rings. The number of amides is 2. The Bertz CT molecular complexity index is 448. The smallest absolute Gasteiger partial charge is 0.408 e. The van der Waals surface area contributed by atoms with Crippen LogP contribution in [0, 0.1) is 5.92 Å². The number of alkyl halides is 3. The molecule has 2 saturated carbocycles. The monoisotopic (exact) mass is 337 g/mol. The van der Waals surface area contributed by atoms with Crippen molar-refractivity contribution >= 4 is 12.0 Å². The zero-order chi connectivity index (χ0) is 17.2. The lowest BCUT2D eigenvalue weighted by atomic mass is 9.85. The highest BCUT2D eigenvalue weighted by molar-refractivity contribution is 5.74. The van der Waals surface area contributed by atoms with Gasteiger partial charge in [-0.3, -0.25) is 9.69 Å². The number of hydrogen-bond acceptors (Lipinski definition) is 3.